The Kier molecular flexibility index (Phi) is 3.06. The molecule has 0 radical (unpaired) electrons. The summed E-state index contributed by atoms with van der Waals surface area (Å²) >= 11 is 0. The lowest BCUT2D eigenvalue weighted by Gasteiger charge is -2.08. The van der Waals surface area contributed by atoms with Crippen LogP contribution in [0.2, 0.25) is 0 Å². The van der Waals surface area contributed by atoms with E-state index in [-0.39, 0.29) is 11.6 Å². The molecule has 0 unspecified atom stereocenters. The molecule has 4 heteroatoms. The van der Waals surface area contributed by atoms with Gasteiger partial charge >= 0.3 is 6.09 Å². The van der Waals surface area contributed by atoms with E-state index in [1.54, 1.807) is 6.07 Å². The SMILES string of the molecule is CC(C)c1ccc(F)c(NC(=O)O)c1. The van der Waals surface area contributed by atoms with Crippen LogP contribution in [-0.4, -0.2) is 11.2 Å². The van der Waals surface area contributed by atoms with E-state index in [2.05, 4.69) is 0 Å². The molecule has 0 aliphatic carbocycles. The second kappa shape index (κ2) is 4.09. The van der Waals surface area contributed by atoms with Crippen LogP contribution in [0.1, 0.15) is 25.3 Å². The summed E-state index contributed by atoms with van der Waals surface area (Å²) in [6, 6.07) is 4.42. The van der Waals surface area contributed by atoms with Crippen LogP contribution in [0.15, 0.2) is 18.2 Å². The second-order valence-electron chi connectivity index (χ2n) is 3.32. The molecule has 14 heavy (non-hydrogen) atoms. The van der Waals surface area contributed by atoms with Crippen molar-refractivity contribution < 1.29 is 14.3 Å². The number of carboxylic acid groups (broad SMARTS) is 1. The van der Waals surface area contributed by atoms with Gasteiger partial charge in [-0.3, -0.25) is 5.32 Å². The average molecular weight is 197 g/mol. The number of anilines is 1. The molecule has 1 aromatic rings. The number of amides is 1. The van der Waals surface area contributed by atoms with Crippen molar-refractivity contribution in [3.63, 3.8) is 0 Å². The molecule has 0 heterocycles. The molecule has 76 valence electrons. The predicted molar refractivity (Wildman–Crippen MR) is 52.1 cm³/mol. The van der Waals surface area contributed by atoms with Crippen molar-refractivity contribution in [1.29, 1.82) is 0 Å². The van der Waals surface area contributed by atoms with Crippen LogP contribution in [0.25, 0.3) is 0 Å². The first-order valence-corrected chi connectivity index (χ1v) is 4.30. The van der Waals surface area contributed by atoms with E-state index in [0.29, 0.717) is 0 Å². The minimum Gasteiger partial charge on any atom is -0.465 e. The van der Waals surface area contributed by atoms with E-state index in [4.69, 9.17) is 5.11 Å². The molecule has 0 aliphatic heterocycles. The number of nitrogens with one attached hydrogen (secondary N) is 1. The molecule has 0 spiro atoms. The standard InChI is InChI=1S/C10H12FNO2/c1-6(2)7-3-4-8(11)9(5-7)12-10(13)14/h3-6,12H,1-2H3,(H,13,14). The van der Waals surface area contributed by atoms with E-state index >= 15 is 0 Å². The third-order valence-corrected chi connectivity index (χ3v) is 1.90. The molecule has 2 N–H and O–H groups in total. The highest BCUT2D eigenvalue weighted by molar-refractivity contribution is 5.83. The molecule has 0 saturated carbocycles. The molecule has 0 saturated heterocycles. The van der Waals surface area contributed by atoms with Gasteiger partial charge in [0.25, 0.3) is 0 Å². The quantitative estimate of drug-likeness (QED) is 0.765. The van der Waals surface area contributed by atoms with Crippen LogP contribution in [0, 0.1) is 5.82 Å². The number of carbonyl (C=O) groups is 1. The van der Waals surface area contributed by atoms with Gasteiger partial charge in [0.15, 0.2) is 0 Å². The molecular weight excluding hydrogens is 185 g/mol. The van der Waals surface area contributed by atoms with Gasteiger partial charge in [0.2, 0.25) is 0 Å². The Morgan fingerprint density at radius 3 is 2.64 bits per heavy atom. The van der Waals surface area contributed by atoms with Crippen molar-refractivity contribution >= 4 is 11.8 Å². The number of halogens is 1. The van der Waals surface area contributed by atoms with Gasteiger partial charge in [-0.15, -0.1) is 0 Å². The molecule has 0 aromatic heterocycles. The van der Waals surface area contributed by atoms with E-state index in [1.165, 1.54) is 12.1 Å². The summed E-state index contributed by atoms with van der Waals surface area (Å²) in [5, 5.41) is 10.5. The molecule has 0 fully saturated rings. The third-order valence-electron chi connectivity index (χ3n) is 1.90. The lowest BCUT2D eigenvalue weighted by Crippen LogP contribution is -2.09. The molecule has 1 rings (SSSR count). The maximum atomic E-state index is 13.1. The molecule has 1 aromatic carbocycles. The summed E-state index contributed by atoms with van der Waals surface area (Å²) in [5.41, 5.74) is 0.902. The normalized spacial score (nSPS) is 10.3. The van der Waals surface area contributed by atoms with E-state index in [9.17, 15) is 9.18 Å². The summed E-state index contributed by atoms with van der Waals surface area (Å²) in [6.07, 6.45) is -1.26. The van der Waals surface area contributed by atoms with Gasteiger partial charge in [0.05, 0.1) is 5.69 Å². The Bertz CT molecular complexity index is 350. The van der Waals surface area contributed by atoms with Crippen LogP contribution in [-0.2, 0) is 0 Å². The molecule has 0 aliphatic rings. The van der Waals surface area contributed by atoms with Crippen molar-refractivity contribution in [1.82, 2.24) is 0 Å². The highest BCUT2D eigenvalue weighted by Gasteiger charge is 2.07. The van der Waals surface area contributed by atoms with E-state index in [1.807, 2.05) is 19.2 Å². The monoisotopic (exact) mass is 197 g/mol. The fraction of sp³-hybridized carbons (Fsp3) is 0.300. The summed E-state index contributed by atoms with van der Waals surface area (Å²) in [7, 11) is 0. The lowest BCUT2D eigenvalue weighted by molar-refractivity contribution is 0.209. The zero-order valence-corrected chi connectivity index (χ0v) is 8.04. The first kappa shape index (κ1) is 10.5. The van der Waals surface area contributed by atoms with Crippen LogP contribution < -0.4 is 5.32 Å². The highest BCUT2D eigenvalue weighted by atomic mass is 19.1. The van der Waals surface area contributed by atoms with Gasteiger partial charge in [-0.2, -0.15) is 0 Å². The van der Waals surface area contributed by atoms with Crippen molar-refractivity contribution in [3.05, 3.63) is 29.6 Å². The maximum absolute atomic E-state index is 13.1. The fourth-order valence-electron chi connectivity index (χ4n) is 1.11. The Hall–Kier alpha value is -1.58. The Morgan fingerprint density at radius 1 is 1.50 bits per heavy atom. The van der Waals surface area contributed by atoms with Crippen molar-refractivity contribution in [2.24, 2.45) is 0 Å². The van der Waals surface area contributed by atoms with Crippen molar-refractivity contribution in [3.8, 4) is 0 Å². The van der Waals surface area contributed by atoms with Crippen LogP contribution in [0.5, 0.6) is 0 Å². The zero-order chi connectivity index (χ0) is 10.7. The van der Waals surface area contributed by atoms with Gasteiger partial charge in [-0.1, -0.05) is 19.9 Å². The van der Waals surface area contributed by atoms with Gasteiger partial charge in [0.1, 0.15) is 5.82 Å². The summed E-state index contributed by atoms with van der Waals surface area (Å²) in [6.45, 7) is 3.91. The molecule has 0 bridgehead atoms. The molecule has 0 atom stereocenters. The van der Waals surface area contributed by atoms with E-state index in [0.717, 1.165) is 5.56 Å². The predicted octanol–water partition coefficient (Wildman–Crippen LogP) is 3.04. The second-order valence-corrected chi connectivity index (χ2v) is 3.32. The first-order valence-electron chi connectivity index (χ1n) is 4.30. The minimum atomic E-state index is -1.26. The Morgan fingerprint density at radius 2 is 2.14 bits per heavy atom. The third kappa shape index (κ3) is 2.45. The van der Waals surface area contributed by atoms with Gasteiger partial charge < -0.3 is 5.11 Å². The topological polar surface area (TPSA) is 49.3 Å². The van der Waals surface area contributed by atoms with Crippen molar-refractivity contribution in [2.75, 3.05) is 5.32 Å². The molecule has 1 amide bonds. The fourth-order valence-corrected chi connectivity index (χ4v) is 1.11. The number of benzene rings is 1. The maximum Gasteiger partial charge on any atom is 0.409 e. The summed E-state index contributed by atoms with van der Waals surface area (Å²) < 4.78 is 13.1. The van der Waals surface area contributed by atoms with Gasteiger partial charge in [-0.05, 0) is 23.6 Å². The number of hydrogen-bond acceptors (Lipinski definition) is 1. The molecular formula is C10H12FNO2. The molecule has 3 nitrogen and oxygen atoms in total. The Labute approximate surface area is 81.6 Å². The Balaban J connectivity index is 3.02. The number of hydrogen-bond donors (Lipinski definition) is 2. The summed E-state index contributed by atoms with van der Waals surface area (Å²) in [5.74, 6) is -0.318. The van der Waals surface area contributed by atoms with Gasteiger partial charge in [-0.25, -0.2) is 9.18 Å². The largest absolute Gasteiger partial charge is 0.465 e. The van der Waals surface area contributed by atoms with Crippen molar-refractivity contribution in [2.45, 2.75) is 19.8 Å². The lowest BCUT2D eigenvalue weighted by atomic mass is 10.0. The first-order chi connectivity index (χ1) is 6.50. The zero-order valence-electron chi connectivity index (χ0n) is 8.04. The van der Waals surface area contributed by atoms with Gasteiger partial charge in [0, 0.05) is 0 Å². The summed E-state index contributed by atoms with van der Waals surface area (Å²) in [4.78, 5) is 10.3. The number of rotatable bonds is 2. The average Bonchev–Trinajstić information content (AvgIpc) is 2.07. The highest BCUT2D eigenvalue weighted by Crippen LogP contribution is 2.21. The minimum absolute atomic E-state index is 0.00343. The van der Waals surface area contributed by atoms with Crippen LogP contribution in [0.3, 0.4) is 0 Å². The smallest absolute Gasteiger partial charge is 0.409 e. The van der Waals surface area contributed by atoms with Crippen LogP contribution in [0.4, 0.5) is 14.9 Å². The van der Waals surface area contributed by atoms with E-state index < -0.39 is 11.9 Å². The van der Waals surface area contributed by atoms with Crippen LogP contribution >= 0.6 is 0 Å².